The summed E-state index contributed by atoms with van der Waals surface area (Å²) in [5.41, 5.74) is 5.38. The van der Waals surface area contributed by atoms with Gasteiger partial charge in [0, 0.05) is 18.6 Å². The summed E-state index contributed by atoms with van der Waals surface area (Å²) >= 11 is 6.39. The van der Waals surface area contributed by atoms with Gasteiger partial charge in [-0.1, -0.05) is 0 Å². The molecule has 1 aromatic carbocycles. The molecule has 0 saturated carbocycles. The number of hydrogen-bond donors (Lipinski definition) is 1. The van der Waals surface area contributed by atoms with Crippen LogP contribution in [0.1, 0.15) is 6.42 Å². The van der Waals surface area contributed by atoms with Crippen LogP contribution in [0, 0.1) is 21.4 Å². The number of halogens is 2. The number of non-ortho nitro benzene ring substituents is 1. The molecule has 0 aliphatic heterocycles. The molecule has 2 N–H and O–H groups in total. The van der Waals surface area contributed by atoms with Crippen LogP contribution in [0.5, 0.6) is 5.75 Å². The fraction of sp³-hybridized carbons (Fsp3) is 0.300. The molecular formula is C10H9Br2N3O3. The minimum Gasteiger partial charge on any atom is -0.491 e. The van der Waals surface area contributed by atoms with Gasteiger partial charge >= 0.3 is 0 Å². The lowest BCUT2D eigenvalue weighted by atomic mass is 10.2. The Bertz CT molecular complexity index is 479. The molecule has 0 amide bonds. The van der Waals surface area contributed by atoms with E-state index in [0.29, 0.717) is 21.1 Å². The first-order chi connectivity index (χ1) is 8.45. The number of hydrogen-bond acceptors (Lipinski definition) is 5. The maximum atomic E-state index is 10.6. The van der Waals surface area contributed by atoms with E-state index in [2.05, 4.69) is 31.9 Å². The van der Waals surface area contributed by atoms with E-state index in [1.54, 1.807) is 0 Å². The smallest absolute Gasteiger partial charge is 0.271 e. The molecule has 0 spiro atoms. The lowest BCUT2D eigenvalue weighted by molar-refractivity contribution is -0.385. The van der Waals surface area contributed by atoms with E-state index in [9.17, 15) is 10.1 Å². The molecule has 8 heteroatoms. The Morgan fingerprint density at radius 1 is 1.50 bits per heavy atom. The summed E-state index contributed by atoms with van der Waals surface area (Å²) in [6.07, 6.45) is 0.381. The van der Waals surface area contributed by atoms with Crippen molar-refractivity contribution >= 4 is 37.5 Å². The Labute approximate surface area is 120 Å². The topological polar surface area (TPSA) is 102 Å². The highest BCUT2D eigenvalue weighted by molar-refractivity contribution is 9.11. The Kier molecular flexibility index (Phi) is 5.53. The standard InChI is InChI=1S/C10H9Br2N3O3/c11-8-3-7(15(16)17)4-9(12)10(8)18-2-1-6(14)5-13/h3-4,6H,1-2,14H2. The normalized spacial score (nSPS) is 11.7. The average Bonchev–Trinajstić information content (AvgIpc) is 2.31. The van der Waals surface area contributed by atoms with Crippen LogP contribution in [0.4, 0.5) is 5.69 Å². The Balaban J connectivity index is 2.79. The lowest BCUT2D eigenvalue weighted by Gasteiger charge is -2.10. The number of nitriles is 1. The van der Waals surface area contributed by atoms with Crippen molar-refractivity contribution in [3.05, 3.63) is 31.2 Å². The predicted molar refractivity (Wildman–Crippen MR) is 72.2 cm³/mol. The van der Waals surface area contributed by atoms with E-state index in [4.69, 9.17) is 15.7 Å². The summed E-state index contributed by atoms with van der Waals surface area (Å²) in [4.78, 5) is 10.1. The maximum Gasteiger partial charge on any atom is 0.271 e. The van der Waals surface area contributed by atoms with E-state index in [-0.39, 0.29) is 12.3 Å². The first-order valence-electron chi connectivity index (χ1n) is 4.87. The zero-order chi connectivity index (χ0) is 13.7. The zero-order valence-corrected chi connectivity index (χ0v) is 12.3. The van der Waals surface area contributed by atoms with Crippen LogP contribution in [0.15, 0.2) is 21.1 Å². The average molecular weight is 379 g/mol. The molecule has 0 heterocycles. The highest BCUT2D eigenvalue weighted by Crippen LogP contribution is 2.37. The number of nitrogens with two attached hydrogens (primary N) is 1. The Morgan fingerprint density at radius 2 is 2.06 bits per heavy atom. The van der Waals surface area contributed by atoms with Crippen LogP contribution < -0.4 is 10.5 Å². The molecular weight excluding hydrogens is 370 g/mol. The van der Waals surface area contributed by atoms with Gasteiger partial charge in [-0.2, -0.15) is 5.26 Å². The molecule has 1 atom stereocenters. The number of ether oxygens (including phenoxy) is 1. The number of nitrogens with zero attached hydrogens (tertiary/aromatic N) is 2. The van der Waals surface area contributed by atoms with Gasteiger partial charge in [-0.25, -0.2) is 0 Å². The zero-order valence-electron chi connectivity index (χ0n) is 9.10. The van der Waals surface area contributed by atoms with E-state index >= 15 is 0 Å². The quantitative estimate of drug-likeness (QED) is 0.626. The molecule has 0 fully saturated rings. The largest absolute Gasteiger partial charge is 0.491 e. The van der Waals surface area contributed by atoms with Crippen molar-refractivity contribution in [2.45, 2.75) is 12.5 Å². The maximum absolute atomic E-state index is 10.6. The summed E-state index contributed by atoms with van der Waals surface area (Å²) in [5, 5.41) is 19.1. The number of nitro benzene ring substituents is 1. The molecule has 6 nitrogen and oxygen atoms in total. The van der Waals surface area contributed by atoms with Crippen LogP contribution in [0.25, 0.3) is 0 Å². The highest BCUT2D eigenvalue weighted by atomic mass is 79.9. The fourth-order valence-corrected chi connectivity index (χ4v) is 2.53. The number of nitro groups is 1. The summed E-state index contributed by atoms with van der Waals surface area (Å²) in [7, 11) is 0. The Hall–Kier alpha value is -1.17. The van der Waals surface area contributed by atoms with Crippen molar-refractivity contribution in [3.63, 3.8) is 0 Å². The van der Waals surface area contributed by atoms with E-state index in [1.807, 2.05) is 6.07 Å². The van der Waals surface area contributed by atoms with Crippen LogP contribution in [0.3, 0.4) is 0 Å². The second kappa shape index (κ2) is 6.68. The van der Waals surface area contributed by atoms with Crippen LogP contribution in [-0.2, 0) is 0 Å². The molecule has 96 valence electrons. The van der Waals surface area contributed by atoms with E-state index < -0.39 is 11.0 Å². The first-order valence-corrected chi connectivity index (χ1v) is 6.45. The van der Waals surface area contributed by atoms with Crippen molar-refractivity contribution < 1.29 is 9.66 Å². The monoisotopic (exact) mass is 377 g/mol. The number of rotatable bonds is 5. The van der Waals surface area contributed by atoms with Gasteiger partial charge in [0.25, 0.3) is 5.69 Å². The first kappa shape index (κ1) is 14.9. The summed E-state index contributed by atoms with van der Waals surface area (Å²) < 4.78 is 6.36. The molecule has 1 rings (SSSR count). The predicted octanol–water partition coefficient (Wildman–Crippen LogP) is 2.74. The SMILES string of the molecule is N#CC(N)CCOc1c(Br)cc([N+](=O)[O-])cc1Br. The highest BCUT2D eigenvalue weighted by Gasteiger charge is 2.15. The van der Waals surface area contributed by atoms with Gasteiger partial charge in [0.05, 0.1) is 32.6 Å². The third kappa shape index (κ3) is 3.94. The molecule has 0 saturated heterocycles. The van der Waals surface area contributed by atoms with Crippen molar-refractivity contribution in [2.24, 2.45) is 5.73 Å². The van der Waals surface area contributed by atoms with Gasteiger partial charge in [0.1, 0.15) is 5.75 Å². The van der Waals surface area contributed by atoms with E-state index in [1.165, 1.54) is 12.1 Å². The van der Waals surface area contributed by atoms with Gasteiger partial charge in [-0.15, -0.1) is 0 Å². The van der Waals surface area contributed by atoms with Crippen LogP contribution >= 0.6 is 31.9 Å². The van der Waals surface area contributed by atoms with Gasteiger partial charge < -0.3 is 10.5 Å². The molecule has 1 unspecified atom stereocenters. The molecule has 0 aliphatic carbocycles. The van der Waals surface area contributed by atoms with Crippen molar-refractivity contribution in [3.8, 4) is 11.8 Å². The third-order valence-corrected chi connectivity index (χ3v) is 3.21. The van der Waals surface area contributed by atoms with Crippen LogP contribution in [-0.4, -0.2) is 17.6 Å². The van der Waals surface area contributed by atoms with Crippen molar-refractivity contribution in [2.75, 3.05) is 6.61 Å². The molecule has 0 aliphatic rings. The fourth-order valence-electron chi connectivity index (χ4n) is 1.14. The Morgan fingerprint density at radius 3 is 2.50 bits per heavy atom. The van der Waals surface area contributed by atoms with E-state index in [0.717, 1.165) is 0 Å². The second-order valence-corrected chi connectivity index (χ2v) is 5.08. The summed E-state index contributed by atoms with van der Waals surface area (Å²) in [5.74, 6) is 0.450. The molecule has 18 heavy (non-hydrogen) atoms. The second-order valence-electron chi connectivity index (χ2n) is 3.37. The summed E-state index contributed by atoms with van der Waals surface area (Å²) in [6, 6.07) is 4.01. The van der Waals surface area contributed by atoms with Gasteiger partial charge in [0.15, 0.2) is 0 Å². The number of benzene rings is 1. The lowest BCUT2D eigenvalue weighted by Crippen LogP contribution is -2.20. The summed E-state index contributed by atoms with van der Waals surface area (Å²) in [6.45, 7) is 0.254. The third-order valence-electron chi connectivity index (χ3n) is 2.03. The van der Waals surface area contributed by atoms with Gasteiger partial charge in [-0.3, -0.25) is 10.1 Å². The minimum absolute atomic E-state index is 0.0465. The minimum atomic E-state index is -0.583. The molecule has 0 bridgehead atoms. The van der Waals surface area contributed by atoms with Crippen molar-refractivity contribution in [1.29, 1.82) is 5.26 Å². The molecule has 0 aromatic heterocycles. The molecule has 0 radical (unpaired) electrons. The van der Waals surface area contributed by atoms with Gasteiger partial charge in [0.2, 0.25) is 0 Å². The van der Waals surface area contributed by atoms with Crippen LogP contribution in [0.2, 0.25) is 0 Å². The molecule has 1 aromatic rings. The van der Waals surface area contributed by atoms with Crippen molar-refractivity contribution in [1.82, 2.24) is 0 Å². The van der Waals surface area contributed by atoms with Gasteiger partial charge in [-0.05, 0) is 31.9 Å².